The van der Waals surface area contributed by atoms with Gasteiger partial charge < -0.3 is 9.47 Å². The van der Waals surface area contributed by atoms with E-state index < -0.39 is 0 Å². The molecule has 0 atom stereocenters. The number of nitrogens with zero attached hydrogens (tertiary/aromatic N) is 2. The van der Waals surface area contributed by atoms with Crippen LogP contribution < -0.4 is 15.0 Å². The highest BCUT2D eigenvalue weighted by atomic mass is 35.5. The Morgan fingerprint density at radius 1 is 1.14 bits per heavy atom. The van der Waals surface area contributed by atoms with E-state index in [0.29, 0.717) is 28.2 Å². The first-order chi connectivity index (χ1) is 10.7. The molecule has 0 bridgehead atoms. The predicted octanol–water partition coefficient (Wildman–Crippen LogP) is 2.83. The van der Waals surface area contributed by atoms with Gasteiger partial charge in [0.15, 0.2) is 11.5 Å². The summed E-state index contributed by atoms with van der Waals surface area (Å²) in [4.78, 5) is 16.8. The molecular formula is C16H11ClN2O3. The molecule has 0 aliphatic carbocycles. The molecule has 4 rings (SSSR count). The van der Waals surface area contributed by atoms with Crippen molar-refractivity contribution in [3.8, 4) is 11.5 Å². The van der Waals surface area contributed by atoms with E-state index >= 15 is 0 Å². The lowest BCUT2D eigenvalue weighted by Crippen LogP contribution is -2.21. The first-order valence-electron chi connectivity index (χ1n) is 6.74. The molecular weight excluding hydrogens is 304 g/mol. The second-order valence-electron chi connectivity index (χ2n) is 5.03. The molecule has 2 heterocycles. The van der Waals surface area contributed by atoms with E-state index in [-0.39, 0.29) is 12.4 Å². The normalized spacial score (nSPS) is 12.8. The lowest BCUT2D eigenvalue weighted by atomic mass is 10.2. The molecule has 2 aromatic carbocycles. The molecule has 1 aromatic heterocycles. The molecule has 0 amide bonds. The topological polar surface area (TPSA) is 53.4 Å². The predicted molar refractivity (Wildman–Crippen MR) is 82.7 cm³/mol. The summed E-state index contributed by atoms with van der Waals surface area (Å²) < 4.78 is 12.2. The van der Waals surface area contributed by atoms with Gasteiger partial charge in [-0.1, -0.05) is 17.7 Å². The fraction of sp³-hybridized carbons (Fsp3) is 0.125. The highest BCUT2D eigenvalue weighted by Crippen LogP contribution is 2.32. The van der Waals surface area contributed by atoms with Crippen molar-refractivity contribution in [3.63, 3.8) is 0 Å². The molecule has 0 unspecified atom stereocenters. The van der Waals surface area contributed by atoms with Gasteiger partial charge in [-0.3, -0.25) is 9.36 Å². The number of benzene rings is 2. The molecule has 3 aromatic rings. The molecule has 110 valence electrons. The van der Waals surface area contributed by atoms with Gasteiger partial charge in [-0.2, -0.15) is 0 Å². The Hall–Kier alpha value is -2.53. The third kappa shape index (κ3) is 2.19. The smallest absolute Gasteiger partial charge is 0.261 e. The SMILES string of the molecule is O=c1c2cc(Cl)ccc2ncn1Cc1ccc2c(c1)OCO2. The van der Waals surface area contributed by atoms with E-state index in [1.54, 1.807) is 29.1 Å². The van der Waals surface area contributed by atoms with Crippen molar-refractivity contribution in [1.29, 1.82) is 0 Å². The summed E-state index contributed by atoms with van der Waals surface area (Å²) in [6, 6.07) is 10.7. The maximum Gasteiger partial charge on any atom is 0.261 e. The van der Waals surface area contributed by atoms with E-state index in [1.165, 1.54) is 0 Å². The van der Waals surface area contributed by atoms with Crippen LogP contribution in [-0.2, 0) is 6.54 Å². The van der Waals surface area contributed by atoms with Gasteiger partial charge in [0.2, 0.25) is 6.79 Å². The van der Waals surface area contributed by atoms with Gasteiger partial charge in [0.25, 0.3) is 5.56 Å². The molecule has 22 heavy (non-hydrogen) atoms. The largest absolute Gasteiger partial charge is 0.454 e. The van der Waals surface area contributed by atoms with Gasteiger partial charge in [0, 0.05) is 5.02 Å². The van der Waals surface area contributed by atoms with Gasteiger partial charge in [0.05, 0.1) is 23.8 Å². The quantitative estimate of drug-likeness (QED) is 0.730. The van der Waals surface area contributed by atoms with Crippen molar-refractivity contribution in [3.05, 3.63) is 63.7 Å². The fourth-order valence-electron chi connectivity index (χ4n) is 2.48. The van der Waals surface area contributed by atoms with Crippen molar-refractivity contribution < 1.29 is 9.47 Å². The number of rotatable bonds is 2. The van der Waals surface area contributed by atoms with Crippen molar-refractivity contribution in [1.82, 2.24) is 9.55 Å². The summed E-state index contributed by atoms with van der Waals surface area (Å²) in [7, 11) is 0. The van der Waals surface area contributed by atoms with E-state index in [2.05, 4.69) is 4.98 Å². The Balaban J connectivity index is 1.75. The Kier molecular flexibility index (Phi) is 3.01. The molecule has 1 aliphatic heterocycles. The zero-order valence-electron chi connectivity index (χ0n) is 11.5. The van der Waals surface area contributed by atoms with Gasteiger partial charge >= 0.3 is 0 Å². The zero-order chi connectivity index (χ0) is 15.1. The Morgan fingerprint density at radius 3 is 2.91 bits per heavy atom. The summed E-state index contributed by atoms with van der Waals surface area (Å²) in [5.74, 6) is 1.42. The standard InChI is InChI=1S/C16H11ClN2O3/c17-11-2-3-13-12(6-11)16(20)19(8-18-13)7-10-1-4-14-15(5-10)22-9-21-14/h1-6,8H,7,9H2. The second kappa shape index (κ2) is 5.03. The first kappa shape index (κ1) is 13.2. The van der Waals surface area contributed by atoms with Crippen LogP contribution in [0.15, 0.2) is 47.5 Å². The van der Waals surface area contributed by atoms with Crippen LogP contribution in [0.25, 0.3) is 10.9 Å². The van der Waals surface area contributed by atoms with Crippen LogP contribution in [0, 0.1) is 0 Å². The summed E-state index contributed by atoms with van der Waals surface area (Å²) in [6.07, 6.45) is 1.54. The van der Waals surface area contributed by atoms with Crippen molar-refractivity contribution in [2.45, 2.75) is 6.54 Å². The zero-order valence-corrected chi connectivity index (χ0v) is 12.2. The average molecular weight is 315 g/mol. The molecule has 0 N–H and O–H groups in total. The molecule has 0 saturated heterocycles. The van der Waals surface area contributed by atoms with E-state index in [0.717, 1.165) is 11.3 Å². The van der Waals surface area contributed by atoms with Crippen molar-refractivity contribution in [2.24, 2.45) is 0 Å². The van der Waals surface area contributed by atoms with Crippen molar-refractivity contribution >= 4 is 22.5 Å². The fourth-order valence-corrected chi connectivity index (χ4v) is 2.65. The van der Waals surface area contributed by atoms with Crippen LogP contribution in [0.2, 0.25) is 5.02 Å². The summed E-state index contributed by atoms with van der Waals surface area (Å²) in [5.41, 5.74) is 1.45. The lowest BCUT2D eigenvalue weighted by Gasteiger charge is -2.07. The number of halogens is 1. The van der Waals surface area contributed by atoms with E-state index in [9.17, 15) is 4.79 Å². The molecule has 0 spiro atoms. The number of aromatic nitrogens is 2. The van der Waals surface area contributed by atoms with Gasteiger partial charge in [-0.05, 0) is 35.9 Å². The minimum atomic E-state index is -0.120. The van der Waals surface area contributed by atoms with Crippen LogP contribution >= 0.6 is 11.6 Å². The van der Waals surface area contributed by atoms with Crippen LogP contribution in [0.3, 0.4) is 0 Å². The van der Waals surface area contributed by atoms with Gasteiger partial charge in [-0.25, -0.2) is 4.98 Å². The number of hydrogen-bond acceptors (Lipinski definition) is 4. The molecule has 0 saturated carbocycles. The Labute approximate surface area is 130 Å². The monoisotopic (exact) mass is 314 g/mol. The van der Waals surface area contributed by atoms with Crippen LogP contribution in [0.4, 0.5) is 0 Å². The van der Waals surface area contributed by atoms with Crippen LogP contribution in [0.1, 0.15) is 5.56 Å². The van der Waals surface area contributed by atoms with Gasteiger partial charge in [-0.15, -0.1) is 0 Å². The van der Waals surface area contributed by atoms with Crippen LogP contribution in [-0.4, -0.2) is 16.3 Å². The number of hydrogen-bond donors (Lipinski definition) is 0. The van der Waals surface area contributed by atoms with E-state index in [4.69, 9.17) is 21.1 Å². The molecule has 1 aliphatic rings. The number of fused-ring (bicyclic) bond motifs is 2. The molecule has 0 radical (unpaired) electrons. The molecule has 6 heteroatoms. The molecule has 5 nitrogen and oxygen atoms in total. The Bertz CT molecular complexity index is 936. The maximum atomic E-state index is 12.5. The average Bonchev–Trinajstić information content (AvgIpc) is 2.98. The molecule has 0 fully saturated rings. The first-order valence-corrected chi connectivity index (χ1v) is 7.12. The third-order valence-corrected chi connectivity index (χ3v) is 3.81. The highest BCUT2D eigenvalue weighted by Gasteiger charge is 2.14. The minimum absolute atomic E-state index is 0.120. The summed E-state index contributed by atoms with van der Waals surface area (Å²) >= 11 is 5.96. The summed E-state index contributed by atoms with van der Waals surface area (Å²) in [5, 5.41) is 1.03. The second-order valence-corrected chi connectivity index (χ2v) is 5.46. The summed E-state index contributed by atoms with van der Waals surface area (Å²) in [6.45, 7) is 0.639. The van der Waals surface area contributed by atoms with Crippen molar-refractivity contribution in [2.75, 3.05) is 6.79 Å². The highest BCUT2D eigenvalue weighted by molar-refractivity contribution is 6.31. The maximum absolute atomic E-state index is 12.5. The lowest BCUT2D eigenvalue weighted by molar-refractivity contribution is 0.174. The third-order valence-electron chi connectivity index (χ3n) is 3.58. The van der Waals surface area contributed by atoms with Gasteiger partial charge in [0.1, 0.15) is 0 Å². The van der Waals surface area contributed by atoms with Crippen LogP contribution in [0.5, 0.6) is 11.5 Å². The number of ether oxygens (including phenoxy) is 2. The minimum Gasteiger partial charge on any atom is -0.454 e. The van der Waals surface area contributed by atoms with E-state index in [1.807, 2.05) is 18.2 Å². The Morgan fingerprint density at radius 2 is 2.00 bits per heavy atom.